The molecule has 1 atom stereocenters. The van der Waals surface area contributed by atoms with Crippen LogP contribution in [0.1, 0.15) is 73.5 Å². The molecule has 1 N–H and O–H groups in total. The van der Waals surface area contributed by atoms with Crippen molar-refractivity contribution in [3.05, 3.63) is 53.4 Å². The van der Waals surface area contributed by atoms with Gasteiger partial charge >= 0.3 is 0 Å². The molecule has 2 aromatic heterocycles. The Morgan fingerprint density at radius 3 is 2.39 bits per heavy atom. The van der Waals surface area contributed by atoms with Gasteiger partial charge in [-0.05, 0) is 56.9 Å². The number of nitrogens with one attached hydrogen (secondary N) is 1. The SMILES string of the molecule is Cc1cc(C)cc(N2C(=O)c3cc4occc4n3CC2(C)C(=O)NC2CCCCCCC2)c1. The van der Waals surface area contributed by atoms with Gasteiger partial charge in [0.2, 0.25) is 5.91 Å². The van der Waals surface area contributed by atoms with Crippen molar-refractivity contribution >= 4 is 28.6 Å². The van der Waals surface area contributed by atoms with E-state index in [9.17, 15) is 9.59 Å². The van der Waals surface area contributed by atoms with Crippen LogP contribution >= 0.6 is 0 Å². The molecule has 1 aliphatic heterocycles. The normalized spacial score (nSPS) is 22.2. The van der Waals surface area contributed by atoms with Crippen LogP contribution in [0.15, 0.2) is 41.0 Å². The highest BCUT2D eigenvalue weighted by molar-refractivity contribution is 6.13. The van der Waals surface area contributed by atoms with Crippen molar-refractivity contribution in [1.29, 1.82) is 0 Å². The maximum atomic E-state index is 13.9. The van der Waals surface area contributed by atoms with Crippen LogP contribution in [0.25, 0.3) is 11.1 Å². The number of benzene rings is 1. The minimum atomic E-state index is -1.06. The van der Waals surface area contributed by atoms with Crippen molar-refractivity contribution in [2.75, 3.05) is 4.90 Å². The molecule has 6 heteroatoms. The maximum Gasteiger partial charge on any atom is 0.276 e. The van der Waals surface area contributed by atoms with Gasteiger partial charge in [-0.1, -0.05) is 38.2 Å². The summed E-state index contributed by atoms with van der Waals surface area (Å²) in [6, 6.07) is 9.89. The third kappa shape index (κ3) is 3.85. The molecule has 1 aliphatic carbocycles. The molecule has 0 saturated heterocycles. The van der Waals surface area contributed by atoms with Crippen molar-refractivity contribution in [2.45, 2.75) is 83.8 Å². The summed E-state index contributed by atoms with van der Waals surface area (Å²) in [5, 5.41) is 3.34. The monoisotopic (exact) mass is 447 g/mol. The van der Waals surface area contributed by atoms with E-state index in [0.29, 0.717) is 17.8 Å². The molecular weight excluding hydrogens is 414 g/mol. The third-order valence-electron chi connectivity index (χ3n) is 7.30. The van der Waals surface area contributed by atoms with Gasteiger partial charge in [-0.15, -0.1) is 0 Å². The number of carbonyl (C=O) groups excluding carboxylic acids is 2. The number of fused-ring (bicyclic) bond motifs is 3. The van der Waals surface area contributed by atoms with Gasteiger partial charge in [0.05, 0.1) is 18.3 Å². The minimum absolute atomic E-state index is 0.0865. The fourth-order valence-electron chi connectivity index (χ4n) is 5.64. The number of furan rings is 1. The molecule has 0 spiro atoms. The second kappa shape index (κ2) is 8.40. The van der Waals surface area contributed by atoms with E-state index in [1.807, 2.05) is 43.5 Å². The first-order valence-electron chi connectivity index (χ1n) is 12.2. The lowest BCUT2D eigenvalue weighted by Crippen LogP contribution is -2.65. The summed E-state index contributed by atoms with van der Waals surface area (Å²) < 4.78 is 7.52. The van der Waals surface area contributed by atoms with Crippen molar-refractivity contribution in [1.82, 2.24) is 9.88 Å². The highest BCUT2D eigenvalue weighted by atomic mass is 16.3. The number of hydrogen-bond acceptors (Lipinski definition) is 3. The van der Waals surface area contributed by atoms with Crippen molar-refractivity contribution in [3.8, 4) is 0 Å². The number of anilines is 1. The van der Waals surface area contributed by atoms with Gasteiger partial charge in [-0.25, -0.2) is 0 Å². The number of hydrogen-bond donors (Lipinski definition) is 1. The molecule has 0 bridgehead atoms. The Labute approximate surface area is 194 Å². The van der Waals surface area contributed by atoms with E-state index >= 15 is 0 Å². The van der Waals surface area contributed by atoms with E-state index in [4.69, 9.17) is 4.42 Å². The Morgan fingerprint density at radius 2 is 1.70 bits per heavy atom. The molecule has 0 radical (unpaired) electrons. The Balaban J connectivity index is 1.57. The van der Waals surface area contributed by atoms with Crippen LogP contribution in [-0.4, -0.2) is 28.0 Å². The van der Waals surface area contributed by atoms with Crippen LogP contribution < -0.4 is 10.2 Å². The summed E-state index contributed by atoms with van der Waals surface area (Å²) in [5.41, 5.74) is 3.91. The van der Waals surface area contributed by atoms with Crippen LogP contribution in [0.4, 0.5) is 5.69 Å². The molecule has 2 aliphatic rings. The molecule has 3 aromatic rings. The summed E-state index contributed by atoms with van der Waals surface area (Å²) >= 11 is 0. The van der Waals surface area contributed by atoms with E-state index < -0.39 is 5.54 Å². The first-order chi connectivity index (χ1) is 15.9. The lowest BCUT2D eigenvalue weighted by molar-refractivity contribution is -0.127. The van der Waals surface area contributed by atoms with E-state index in [2.05, 4.69) is 11.4 Å². The van der Waals surface area contributed by atoms with Crippen molar-refractivity contribution < 1.29 is 14.0 Å². The molecule has 1 aromatic carbocycles. The zero-order chi connectivity index (χ0) is 23.2. The Morgan fingerprint density at radius 1 is 1.03 bits per heavy atom. The average Bonchev–Trinajstić information content (AvgIpc) is 3.31. The second-order valence-corrected chi connectivity index (χ2v) is 10.1. The summed E-state index contributed by atoms with van der Waals surface area (Å²) in [7, 11) is 0. The Kier molecular flexibility index (Phi) is 5.55. The summed E-state index contributed by atoms with van der Waals surface area (Å²) in [5.74, 6) is -0.260. The van der Waals surface area contributed by atoms with Gasteiger partial charge in [0.1, 0.15) is 11.2 Å². The van der Waals surface area contributed by atoms with E-state index in [1.54, 1.807) is 17.2 Å². The predicted octanol–water partition coefficient (Wildman–Crippen LogP) is 5.50. The zero-order valence-corrected chi connectivity index (χ0v) is 19.8. The number of carbonyl (C=O) groups is 2. The van der Waals surface area contributed by atoms with Crippen LogP contribution in [0.2, 0.25) is 0 Å². The molecule has 1 saturated carbocycles. The van der Waals surface area contributed by atoms with Gasteiger partial charge in [0.25, 0.3) is 5.91 Å². The van der Waals surface area contributed by atoms with E-state index in [0.717, 1.165) is 48.0 Å². The van der Waals surface area contributed by atoms with Crippen LogP contribution in [0.5, 0.6) is 0 Å². The Bertz CT molecular complexity index is 1180. The predicted molar refractivity (Wildman–Crippen MR) is 130 cm³/mol. The topological polar surface area (TPSA) is 67.5 Å². The molecule has 5 rings (SSSR count). The van der Waals surface area contributed by atoms with Gasteiger partial charge < -0.3 is 14.3 Å². The first kappa shape index (κ1) is 21.8. The molecule has 3 heterocycles. The third-order valence-corrected chi connectivity index (χ3v) is 7.30. The number of nitrogens with zero attached hydrogens (tertiary/aromatic N) is 2. The maximum absolute atomic E-state index is 13.9. The average molecular weight is 448 g/mol. The van der Waals surface area contributed by atoms with Crippen LogP contribution in [0.3, 0.4) is 0 Å². The van der Waals surface area contributed by atoms with E-state index in [-0.39, 0.29) is 17.9 Å². The number of amides is 2. The van der Waals surface area contributed by atoms with Crippen LogP contribution in [0, 0.1) is 13.8 Å². The second-order valence-electron chi connectivity index (χ2n) is 10.1. The van der Waals surface area contributed by atoms with Gasteiger partial charge in [0.15, 0.2) is 5.58 Å². The molecular formula is C27H33N3O3. The Hall–Kier alpha value is -3.02. The summed E-state index contributed by atoms with van der Waals surface area (Å²) in [6.07, 6.45) is 9.64. The first-order valence-corrected chi connectivity index (χ1v) is 12.2. The largest absolute Gasteiger partial charge is 0.463 e. The van der Waals surface area contributed by atoms with Crippen molar-refractivity contribution in [3.63, 3.8) is 0 Å². The van der Waals surface area contributed by atoms with Crippen LogP contribution in [-0.2, 0) is 11.3 Å². The summed E-state index contributed by atoms with van der Waals surface area (Å²) in [4.78, 5) is 29.6. The lowest BCUT2D eigenvalue weighted by atomic mass is 9.91. The van der Waals surface area contributed by atoms with Crippen molar-refractivity contribution in [2.24, 2.45) is 0 Å². The smallest absolute Gasteiger partial charge is 0.276 e. The highest BCUT2D eigenvalue weighted by Crippen LogP contribution is 2.37. The quantitative estimate of drug-likeness (QED) is 0.576. The molecule has 1 fully saturated rings. The molecule has 2 amide bonds. The van der Waals surface area contributed by atoms with E-state index in [1.165, 1.54) is 19.3 Å². The molecule has 174 valence electrons. The lowest BCUT2D eigenvalue weighted by Gasteiger charge is -2.44. The van der Waals surface area contributed by atoms with Gasteiger partial charge in [-0.2, -0.15) is 0 Å². The molecule has 6 nitrogen and oxygen atoms in total. The molecule has 1 unspecified atom stereocenters. The number of aryl methyl sites for hydroxylation is 2. The number of rotatable bonds is 3. The fraction of sp³-hybridized carbons (Fsp3) is 0.481. The van der Waals surface area contributed by atoms with Gasteiger partial charge in [0, 0.05) is 23.9 Å². The zero-order valence-electron chi connectivity index (χ0n) is 19.8. The minimum Gasteiger partial charge on any atom is -0.463 e. The fourth-order valence-corrected chi connectivity index (χ4v) is 5.64. The van der Waals surface area contributed by atoms with Gasteiger partial charge in [-0.3, -0.25) is 14.5 Å². The highest BCUT2D eigenvalue weighted by Gasteiger charge is 2.49. The summed E-state index contributed by atoms with van der Waals surface area (Å²) in [6.45, 7) is 6.32. The number of aromatic nitrogens is 1. The molecule has 33 heavy (non-hydrogen) atoms. The standard InChI is InChI=1S/C27H33N3O3/c1-18-13-19(2)15-21(14-18)30-25(31)23-16-24-22(11-12-33-24)29(23)17-27(30,3)26(32)28-20-9-7-5-4-6-8-10-20/h11-16,20H,4-10,17H2,1-3H3,(H,28,32).